The van der Waals surface area contributed by atoms with E-state index in [2.05, 4.69) is 5.32 Å². The van der Waals surface area contributed by atoms with Crippen LogP contribution in [0.2, 0.25) is 5.02 Å². The minimum atomic E-state index is -0.690. The molecule has 2 rings (SSSR count). The van der Waals surface area contributed by atoms with Crippen LogP contribution >= 0.6 is 34.2 Å². The molecule has 0 aromatic heterocycles. The summed E-state index contributed by atoms with van der Waals surface area (Å²) < 4.78 is 19.2. The normalized spacial score (nSPS) is 12.0. The van der Waals surface area contributed by atoms with Crippen LogP contribution in [0.1, 0.15) is 0 Å². The molecule has 1 unspecified atom stereocenters. The fraction of sp³-hybridized carbons (Fsp3) is 0.200. The highest BCUT2D eigenvalue weighted by Gasteiger charge is 2.07. The number of nitrogens with one attached hydrogen (secondary N) is 1. The fourth-order valence-electron chi connectivity index (χ4n) is 1.67. The van der Waals surface area contributed by atoms with E-state index in [9.17, 15) is 9.50 Å². The van der Waals surface area contributed by atoms with Gasteiger partial charge in [0.05, 0.1) is 0 Å². The first-order valence-electron chi connectivity index (χ1n) is 6.30. The highest BCUT2D eigenvalue weighted by atomic mass is 127. The summed E-state index contributed by atoms with van der Waals surface area (Å²) in [7, 11) is 0. The van der Waals surface area contributed by atoms with E-state index in [-0.39, 0.29) is 12.4 Å². The third-order valence-electron chi connectivity index (χ3n) is 2.70. The Balaban J connectivity index is 1.80. The van der Waals surface area contributed by atoms with E-state index in [1.165, 1.54) is 12.1 Å². The molecule has 0 spiro atoms. The molecule has 1 atom stereocenters. The van der Waals surface area contributed by atoms with E-state index in [0.717, 1.165) is 9.26 Å². The summed E-state index contributed by atoms with van der Waals surface area (Å²) in [4.78, 5) is 0. The number of rotatable bonds is 6. The summed E-state index contributed by atoms with van der Waals surface area (Å²) in [6, 6.07) is 11.4. The summed E-state index contributed by atoms with van der Waals surface area (Å²) >= 11 is 7.88. The van der Waals surface area contributed by atoms with Crippen LogP contribution in [0.25, 0.3) is 0 Å². The minimum absolute atomic E-state index is 0.144. The van der Waals surface area contributed by atoms with Crippen molar-refractivity contribution in [3.8, 4) is 5.75 Å². The lowest BCUT2D eigenvalue weighted by Gasteiger charge is -2.15. The van der Waals surface area contributed by atoms with Gasteiger partial charge in [0.1, 0.15) is 24.3 Å². The van der Waals surface area contributed by atoms with Crippen molar-refractivity contribution in [2.24, 2.45) is 0 Å². The number of hydrogen-bond donors (Lipinski definition) is 2. The quantitative estimate of drug-likeness (QED) is 0.695. The predicted molar refractivity (Wildman–Crippen MR) is 90.6 cm³/mol. The van der Waals surface area contributed by atoms with Crippen LogP contribution in [0.5, 0.6) is 5.75 Å². The Hall–Kier alpha value is -1.05. The van der Waals surface area contributed by atoms with E-state index in [0.29, 0.717) is 17.3 Å². The average molecular weight is 422 g/mol. The molecule has 112 valence electrons. The zero-order valence-corrected chi connectivity index (χ0v) is 13.9. The molecular formula is C15H14ClFINO2. The molecule has 6 heteroatoms. The summed E-state index contributed by atoms with van der Waals surface area (Å²) in [5, 5.41) is 13.5. The molecule has 2 aromatic rings. The average Bonchev–Trinajstić information content (AvgIpc) is 2.44. The number of hydrogen-bond acceptors (Lipinski definition) is 3. The molecule has 0 heterocycles. The zero-order chi connectivity index (χ0) is 15.2. The van der Waals surface area contributed by atoms with Crippen molar-refractivity contribution in [1.29, 1.82) is 0 Å². The van der Waals surface area contributed by atoms with Crippen LogP contribution in [0, 0.1) is 9.39 Å². The van der Waals surface area contributed by atoms with Crippen molar-refractivity contribution < 1.29 is 14.2 Å². The molecule has 0 radical (unpaired) electrons. The van der Waals surface area contributed by atoms with Crippen molar-refractivity contribution in [1.82, 2.24) is 0 Å². The van der Waals surface area contributed by atoms with E-state index in [1.54, 1.807) is 30.3 Å². The van der Waals surface area contributed by atoms with Crippen LogP contribution in [0.3, 0.4) is 0 Å². The standard InChI is InChI=1S/C15H14ClFINO2/c16-10-2-1-3-13(6-10)21-9-12(20)8-19-15-5-4-11(17)7-14(15)18/h1-7,12,19-20H,8-9H2. The molecule has 0 aliphatic heterocycles. The highest BCUT2D eigenvalue weighted by Crippen LogP contribution is 2.19. The topological polar surface area (TPSA) is 41.5 Å². The third-order valence-corrected chi connectivity index (χ3v) is 3.83. The maximum absolute atomic E-state index is 13.0. The van der Waals surface area contributed by atoms with Crippen LogP contribution < -0.4 is 10.1 Å². The number of ether oxygens (including phenoxy) is 1. The predicted octanol–water partition coefficient (Wildman–Crippen LogP) is 3.94. The largest absolute Gasteiger partial charge is 0.491 e. The second-order valence-electron chi connectivity index (χ2n) is 4.43. The third kappa shape index (κ3) is 5.33. The van der Waals surface area contributed by atoms with Gasteiger partial charge in [-0.25, -0.2) is 4.39 Å². The molecule has 0 aliphatic rings. The molecule has 0 saturated heterocycles. The first-order chi connectivity index (χ1) is 10.0. The SMILES string of the molecule is OC(CNc1ccc(F)cc1I)COc1cccc(Cl)c1. The Morgan fingerprint density at radius 3 is 2.81 bits per heavy atom. The molecular weight excluding hydrogens is 408 g/mol. The van der Waals surface area contributed by atoms with Gasteiger partial charge in [-0.3, -0.25) is 0 Å². The second-order valence-corrected chi connectivity index (χ2v) is 6.03. The van der Waals surface area contributed by atoms with Gasteiger partial charge >= 0.3 is 0 Å². The second kappa shape index (κ2) is 7.82. The van der Waals surface area contributed by atoms with Gasteiger partial charge in [-0.15, -0.1) is 0 Å². The van der Waals surface area contributed by atoms with Crippen molar-refractivity contribution in [3.05, 3.63) is 56.9 Å². The van der Waals surface area contributed by atoms with Crippen molar-refractivity contribution in [3.63, 3.8) is 0 Å². The molecule has 3 nitrogen and oxygen atoms in total. The van der Waals surface area contributed by atoms with Gasteiger partial charge < -0.3 is 15.2 Å². The lowest BCUT2D eigenvalue weighted by atomic mass is 10.3. The van der Waals surface area contributed by atoms with Crippen LogP contribution in [0.4, 0.5) is 10.1 Å². The van der Waals surface area contributed by atoms with E-state index >= 15 is 0 Å². The lowest BCUT2D eigenvalue weighted by molar-refractivity contribution is 0.117. The zero-order valence-electron chi connectivity index (χ0n) is 11.0. The molecule has 0 fully saturated rings. The van der Waals surface area contributed by atoms with Crippen LogP contribution in [-0.2, 0) is 0 Å². The number of halogens is 3. The molecule has 0 amide bonds. The molecule has 0 aliphatic carbocycles. The van der Waals surface area contributed by atoms with Crippen LogP contribution in [0.15, 0.2) is 42.5 Å². The molecule has 0 bridgehead atoms. The Morgan fingerprint density at radius 1 is 1.29 bits per heavy atom. The van der Waals surface area contributed by atoms with Gasteiger partial charge in [0.15, 0.2) is 0 Å². The fourth-order valence-corrected chi connectivity index (χ4v) is 2.52. The lowest BCUT2D eigenvalue weighted by Crippen LogP contribution is -2.26. The van der Waals surface area contributed by atoms with Gasteiger partial charge in [-0.2, -0.15) is 0 Å². The van der Waals surface area contributed by atoms with Crippen LogP contribution in [-0.4, -0.2) is 24.4 Å². The Bertz CT molecular complexity index is 612. The summed E-state index contributed by atoms with van der Waals surface area (Å²) in [5.41, 5.74) is 0.777. The number of anilines is 1. The highest BCUT2D eigenvalue weighted by molar-refractivity contribution is 14.1. The Labute approximate surface area is 141 Å². The summed E-state index contributed by atoms with van der Waals surface area (Å²) in [6.07, 6.45) is -0.690. The monoisotopic (exact) mass is 421 g/mol. The molecule has 2 aromatic carbocycles. The number of aliphatic hydroxyl groups excluding tert-OH is 1. The molecule has 21 heavy (non-hydrogen) atoms. The van der Waals surface area contributed by atoms with Gasteiger partial charge in [-0.1, -0.05) is 17.7 Å². The maximum Gasteiger partial charge on any atom is 0.124 e. The van der Waals surface area contributed by atoms with Crippen molar-refractivity contribution in [2.75, 3.05) is 18.5 Å². The van der Waals surface area contributed by atoms with E-state index in [1.807, 2.05) is 22.6 Å². The first kappa shape index (κ1) is 16.3. The van der Waals surface area contributed by atoms with Gasteiger partial charge in [-0.05, 0) is 59.0 Å². The molecule has 2 N–H and O–H groups in total. The molecule has 0 saturated carbocycles. The summed E-state index contributed by atoms with van der Waals surface area (Å²) in [5.74, 6) is 0.327. The first-order valence-corrected chi connectivity index (χ1v) is 7.75. The minimum Gasteiger partial charge on any atom is -0.491 e. The number of aliphatic hydroxyl groups is 1. The van der Waals surface area contributed by atoms with Gasteiger partial charge in [0, 0.05) is 20.8 Å². The van der Waals surface area contributed by atoms with Gasteiger partial charge in [0.25, 0.3) is 0 Å². The van der Waals surface area contributed by atoms with Gasteiger partial charge in [0.2, 0.25) is 0 Å². The van der Waals surface area contributed by atoms with E-state index < -0.39 is 6.10 Å². The maximum atomic E-state index is 13.0. The Kier molecular flexibility index (Phi) is 6.08. The van der Waals surface area contributed by atoms with E-state index in [4.69, 9.17) is 16.3 Å². The summed E-state index contributed by atoms with van der Waals surface area (Å²) in [6.45, 7) is 0.452. The number of benzene rings is 2. The smallest absolute Gasteiger partial charge is 0.124 e. The van der Waals surface area contributed by atoms with Crippen molar-refractivity contribution >= 4 is 39.9 Å². The Morgan fingerprint density at radius 2 is 2.10 bits per heavy atom. The van der Waals surface area contributed by atoms with Crippen molar-refractivity contribution in [2.45, 2.75) is 6.10 Å².